The van der Waals surface area contributed by atoms with E-state index in [4.69, 9.17) is 15.3 Å². The van der Waals surface area contributed by atoms with Gasteiger partial charge in [0.2, 0.25) is 0 Å². The highest BCUT2D eigenvalue weighted by atomic mass is 32.2. The number of aliphatic hydroxyl groups excluding tert-OH is 3. The van der Waals surface area contributed by atoms with Gasteiger partial charge in [0, 0.05) is 0 Å². The number of amides is 1. The summed E-state index contributed by atoms with van der Waals surface area (Å²) < 4.78 is 5.15. The summed E-state index contributed by atoms with van der Waals surface area (Å²) in [4.78, 5) is 10.9. The molecule has 1 aliphatic heterocycles. The van der Waals surface area contributed by atoms with Crippen molar-refractivity contribution < 1.29 is 24.5 Å². The predicted molar refractivity (Wildman–Crippen MR) is 60.4 cm³/mol. The minimum Gasteiger partial charge on any atom is -0.467 e. The summed E-state index contributed by atoms with van der Waals surface area (Å²) in [5.74, 6) is -0.247. The van der Waals surface area contributed by atoms with Gasteiger partial charge in [-0.25, -0.2) is 0 Å². The average Bonchev–Trinajstić information content (AvgIpc) is 2.87. The monoisotopic (exact) mass is 259 g/mol. The van der Waals surface area contributed by atoms with E-state index in [0.29, 0.717) is 5.76 Å². The summed E-state index contributed by atoms with van der Waals surface area (Å²) >= 11 is 1.21. The molecule has 0 unspecified atom stereocenters. The lowest BCUT2D eigenvalue weighted by Gasteiger charge is -2.13. The van der Waals surface area contributed by atoms with Gasteiger partial charge in [0.25, 0.3) is 5.91 Å². The van der Waals surface area contributed by atoms with Crippen LogP contribution < -0.4 is 5.73 Å². The molecule has 0 aliphatic carbocycles. The van der Waals surface area contributed by atoms with Crippen molar-refractivity contribution >= 4 is 17.7 Å². The van der Waals surface area contributed by atoms with Gasteiger partial charge in [-0.1, -0.05) is 0 Å². The molecule has 1 aliphatic rings. The molecule has 7 heteroatoms. The zero-order valence-electron chi connectivity index (χ0n) is 8.81. The van der Waals surface area contributed by atoms with Crippen molar-refractivity contribution in [3.05, 3.63) is 23.7 Å². The van der Waals surface area contributed by atoms with Crippen LogP contribution >= 0.6 is 11.8 Å². The van der Waals surface area contributed by atoms with Crippen molar-refractivity contribution in [3.8, 4) is 0 Å². The van der Waals surface area contributed by atoms with E-state index in [9.17, 15) is 15.0 Å². The van der Waals surface area contributed by atoms with Gasteiger partial charge in [-0.15, -0.1) is 11.8 Å². The first-order valence-corrected chi connectivity index (χ1v) is 5.99. The molecule has 5 N–H and O–H groups in total. The Morgan fingerprint density at radius 1 is 1.47 bits per heavy atom. The van der Waals surface area contributed by atoms with E-state index in [1.807, 2.05) is 0 Å². The molecule has 17 heavy (non-hydrogen) atoms. The molecule has 2 heterocycles. The predicted octanol–water partition coefficient (Wildman–Crippen LogP) is -0.751. The van der Waals surface area contributed by atoms with E-state index < -0.39 is 28.6 Å². The van der Waals surface area contributed by atoms with E-state index in [0.717, 1.165) is 0 Å². The number of primary amides is 1. The molecule has 1 saturated heterocycles. The van der Waals surface area contributed by atoms with Gasteiger partial charge in [-0.2, -0.15) is 0 Å². The van der Waals surface area contributed by atoms with E-state index in [-0.39, 0.29) is 12.2 Å². The number of nitrogens with two attached hydrogens (primary N) is 1. The minimum absolute atomic E-state index is 0.217. The highest BCUT2D eigenvalue weighted by molar-refractivity contribution is 8.00. The first kappa shape index (κ1) is 12.4. The Kier molecular flexibility index (Phi) is 3.43. The van der Waals surface area contributed by atoms with Gasteiger partial charge < -0.3 is 25.5 Å². The molecule has 0 radical (unpaired) electrons. The molecule has 1 fully saturated rings. The number of carbonyl (C=O) groups is 1. The lowest BCUT2D eigenvalue weighted by Crippen LogP contribution is -2.31. The van der Waals surface area contributed by atoms with E-state index >= 15 is 0 Å². The highest BCUT2D eigenvalue weighted by Crippen LogP contribution is 2.45. The standard InChI is InChI=1S/C10H13NO5S/c11-10(15)4-1-5(16-3-4)9-8(14)7(13)6(2-12)17-9/h1,3,6-9,12-14H,2H2,(H2,11,15)/t6-,7-,8-,9+/m1/s1. The van der Waals surface area contributed by atoms with Crippen LogP contribution in [0.5, 0.6) is 0 Å². The van der Waals surface area contributed by atoms with Crippen LogP contribution in [-0.4, -0.2) is 45.3 Å². The zero-order chi connectivity index (χ0) is 12.6. The van der Waals surface area contributed by atoms with Crippen LogP contribution in [0.2, 0.25) is 0 Å². The molecule has 1 aromatic rings. The van der Waals surface area contributed by atoms with Gasteiger partial charge in [0.1, 0.15) is 18.1 Å². The largest absolute Gasteiger partial charge is 0.467 e. The summed E-state index contributed by atoms with van der Waals surface area (Å²) in [7, 11) is 0. The third-order valence-electron chi connectivity index (χ3n) is 2.73. The molecule has 94 valence electrons. The SMILES string of the molecule is NC(=O)c1coc([C@@H]2S[C@H](CO)[C@@H](O)[C@H]2O)c1. The summed E-state index contributed by atoms with van der Waals surface area (Å²) in [6.07, 6.45) is -0.843. The first-order valence-electron chi connectivity index (χ1n) is 5.05. The Labute approximate surface area is 101 Å². The number of hydrogen-bond donors (Lipinski definition) is 4. The van der Waals surface area contributed by atoms with E-state index in [2.05, 4.69) is 0 Å². The maximum Gasteiger partial charge on any atom is 0.251 e. The number of thioether (sulfide) groups is 1. The van der Waals surface area contributed by atoms with Gasteiger partial charge in [-0.3, -0.25) is 4.79 Å². The van der Waals surface area contributed by atoms with Crippen molar-refractivity contribution in [1.29, 1.82) is 0 Å². The molecular formula is C10H13NO5S. The summed E-state index contributed by atoms with van der Waals surface area (Å²) in [5, 5.41) is 27.5. The summed E-state index contributed by atoms with van der Waals surface area (Å²) in [6, 6.07) is 1.44. The molecule has 0 aromatic carbocycles. The number of hydrogen-bond acceptors (Lipinski definition) is 6. The molecular weight excluding hydrogens is 246 g/mol. The number of carbonyl (C=O) groups excluding carboxylic acids is 1. The van der Waals surface area contributed by atoms with Crippen molar-refractivity contribution in [2.45, 2.75) is 22.7 Å². The fraction of sp³-hybridized carbons (Fsp3) is 0.500. The van der Waals surface area contributed by atoms with Crippen LogP contribution in [0.3, 0.4) is 0 Å². The van der Waals surface area contributed by atoms with Crippen molar-refractivity contribution in [3.63, 3.8) is 0 Å². The second kappa shape index (κ2) is 4.69. The number of aliphatic hydroxyl groups is 3. The molecule has 2 rings (SSSR count). The van der Waals surface area contributed by atoms with Crippen molar-refractivity contribution in [1.82, 2.24) is 0 Å². The van der Waals surface area contributed by atoms with Crippen LogP contribution in [0, 0.1) is 0 Å². The zero-order valence-corrected chi connectivity index (χ0v) is 9.63. The van der Waals surface area contributed by atoms with Crippen molar-refractivity contribution in [2.75, 3.05) is 6.61 Å². The minimum atomic E-state index is -1.04. The van der Waals surface area contributed by atoms with Gasteiger partial charge >= 0.3 is 0 Å². The lowest BCUT2D eigenvalue weighted by molar-refractivity contribution is 0.0174. The maximum atomic E-state index is 10.9. The summed E-state index contributed by atoms with van der Waals surface area (Å²) in [6.45, 7) is -0.233. The smallest absolute Gasteiger partial charge is 0.251 e. The molecule has 0 spiro atoms. The number of furan rings is 1. The van der Waals surface area contributed by atoms with E-state index in [1.54, 1.807) is 0 Å². The second-order valence-corrected chi connectivity index (χ2v) is 5.25. The van der Waals surface area contributed by atoms with Crippen LogP contribution in [0.25, 0.3) is 0 Å². The normalized spacial score (nSPS) is 32.9. The molecule has 4 atom stereocenters. The van der Waals surface area contributed by atoms with Crippen LogP contribution in [0.4, 0.5) is 0 Å². The second-order valence-electron chi connectivity index (χ2n) is 3.86. The van der Waals surface area contributed by atoms with Crippen LogP contribution in [0.15, 0.2) is 16.7 Å². The Bertz CT molecular complexity index is 421. The molecule has 0 bridgehead atoms. The Morgan fingerprint density at radius 2 is 2.18 bits per heavy atom. The molecule has 6 nitrogen and oxygen atoms in total. The maximum absolute atomic E-state index is 10.9. The third-order valence-corrected chi connectivity index (χ3v) is 4.31. The highest BCUT2D eigenvalue weighted by Gasteiger charge is 2.44. The third kappa shape index (κ3) is 2.19. The number of rotatable bonds is 3. The van der Waals surface area contributed by atoms with Gasteiger partial charge in [0.15, 0.2) is 0 Å². The fourth-order valence-corrected chi connectivity index (χ4v) is 3.13. The molecule has 1 aromatic heterocycles. The fourth-order valence-electron chi connectivity index (χ4n) is 1.77. The van der Waals surface area contributed by atoms with Crippen molar-refractivity contribution in [2.24, 2.45) is 5.73 Å². The Hall–Kier alpha value is -1.02. The Balaban J connectivity index is 2.19. The van der Waals surface area contributed by atoms with Gasteiger partial charge in [-0.05, 0) is 6.07 Å². The Morgan fingerprint density at radius 3 is 2.65 bits per heavy atom. The van der Waals surface area contributed by atoms with E-state index in [1.165, 1.54) is 24.1 Å². The van der Waals surface area contributed by atoms with Gasteiger partial charge in [0.05, 0.1) is 28.8 Å². The first-order chi connectivity index (χ1) is 8.04. The van der Waals surface area contributed by atoms with Crippen LogP contribution in [-0.2, 0) is 0 Å². The molecule has 0 saturated carbocycles. The lowest BCUT2D eigenvalue weighted by atomic mass is 10.1. The quantitative estimate of drug-likeness (QED) is 0.567. The average molecular weight is 259 g/mol. The molecule has 1 amide bonds. The van der Waals surface area contributed by atoms with Crippen LogP contribution in [0.1, 0.15) is 21.4 Å². The topological polar surface area (TPSA) is 117 Å². The summed E-state index contributed by atoms with van der Waals surface area (Å²) in [5.41, 5.74) is 5.30.